The largest absolute Gasteiger partial charge is 0.453 e. The van der Waals surface area contributed by atoms with Gasteiger partial charge in [0.15, 0.2) is 0 Å². The van der Waals surface area contributed by atoms with Crippen LogP contribution < -0.4 is 0 Å². The normalized spacial score (nSPS) is 10.9. The predicted molar refractivity (Wildman–Crippen MR) is 42.2 cm³/mol. The maximum absolute atomic E-state index is 10.8. The lowest BCUT2D eigenvalue weighted by molar-refractivity contribution is -0.154. The van der Waals surface area contributed by atoms with Gasteiger partial charge >= 0.3 is 5.97 Å². The van der Waals surface area contributed by atoms with Crippen molar-refractivity contribution in [3.63, 3.8) is 0 Å². The second-order valence-electron chi connectivity index (χ2n) is 2.71. The number of ether oxygens (including phenoxy) is 1. The first-order chi connectivity index (χ1) is 4.89. The van der Waals surface area contributed by atoms with Crippen LogP contribution >= 0.6 is 11.6 Å². The predicted octanol–water partition coefficient (Wildman–Crippen LogP) is 1.05. The van der Waals surface area contributed by atoms with Crippen LogP contribution in [0.25, 0.3) is 0 Å². The lowest BCUT2D eigenvalue weighted by Gasteiger charge is -2.21. The van der Waals surface area contributed by atoms with Gasteiger partial charge in [0.05, 0.1) is 6.61 Å². The highest BCUT2D eigenvalue weighted by Crippen LogP contribution is 2.11. The number of halogens is 1. The van der Waals surface area contributed by atoms with Crippen molar-refractivity contribution in [2.24, 2.45) is 0 Å². The van der Waals surface area contributed by atoms with Crippen molar-refractivity contribution in [1.29, 1.82) is 0 Å². The minimum Gasteiger partial charge on any atom is -0.453 e. The number of hydrogen-bond donors (Lipinski definition) is 1. The maximum Gasteiger partial charge on any atom is 0.349 e. The van der Waals surface area contributed by atoms with Crippen molar-refractivity contribution >= 4 is 17.6 Å². The molecule has 0 radical (unpaired) electrons. The lowest BCUT2D eigenvalue weighted by Crippen LogP contribution is -2.31. The fraction of sp³-hybridized carbons (Fsp3) is 0.571. The Morgan fingerprint density at radius 1 is 1.73 bits per heavy atom. The number of esters is 1. The molecule has 0 atom stereocenters. The van der Waals surface area contributed by atoms with E-state index in [-0.39, 0.29) is 11.6 Å². The van der Waals surface area contributed by atoms with E-state index in [1.807, 2.05) is 0 Å². The molecule has 0 aromatic heterocycles. The molecule has 3 nitrogen and oxygen atoms in total. The minimum atomic E-state index is -0.894. The molecule has 0 rings (SSSR count). The van der Waals surface area contributed by atoms with Gasteiger partial charge in [0.1, 0.15) is 10.6 Å². The van der Waals surface area contributed by atoms with Crippen LogP contribution in [0.3, 0.4) is 0 Å². The molecule has 0 bridgehead atoms. The van der Waals surface area contributed by atoms with E-state index in [1.54, 1.807) is 13.8 Å². The first kappa shape index (κ1) is 10.5. The van der Waals surface area contributed by atoms with E-state index in [0.29, 0.717) is 0 Å². The van der Waals surface area contributed by atoms with Crippen molar-refractivity contribution in [2.45, 2.75) is 19.4 Å². The number of aliphatic hydroxyl groups excluding tert-OH is 1. The van der Waals surface area contributed by atoms with Crippen molar-refractivity contribution in [1.82, 2.24) is 0 Å². The van der Waals surface area contributed by atoms with Crippen LogP contribution in [0, 0.1) is 0 Å². The van der Waals surface area contributed by atoms with Crippen molar-refractivity contribution in [3.05, 3.63) is 11.6 Å². The Balaban J connectivity index is 4.04. The van der Waals surface area contributed by atoms with Crippen LogP contribution in [0.15, 0.2) is 11.6 Å². The Morgan fingerprint density at radius 3 is 2.45 bits per heavy atom. The van der Waals surface area contributed by atoms with Crippen LogP contribution in [0.5, 0.6) is 0 Å². The van der Waals surface area contributed by atoms with Gasteiger partial charge in [-0.1, -0.05) is 18.2 Å². The van der Waals surface area contributed by atoms with Gasteiger partial charge in [-0.15, -0.1) is 0 Å². The maximum atomic E-state index is 10.8. The van der Waals surface area contributed by atoms with Gasteiger partial charge in [0.2, 0.25) is 0 Å². The highest BCUT2D eigenvalue weighted by Gasteiger charge is 2.22. The molecule has 0 aliphatic heterocycles. The standard InChI is InChI=1S/C7H11ClO3/c1-5(8)6(10)11-7(2,3)4-9/h9H,1,4H2,2-3H3. The monoisotopic (exact) mass is 178 g/mol. The van der Waals surface area contributed by atoms with Gasteiger partial charge in [0, 0.05) is 0 Å². The van der Waals surface area contributed by atoms with Gasteiger partial charge in [-0.25, -0.2) is 4.79 Å². The Hall–Kier alpha value is -0.540. The summed E-state index contributed by atoms with van der Waals surface area (Å²) in [6, 6.07) is 0. The van der Waals surface area contributed by atoms with E-state index >= 15 is 0 Å². The summed E-state index contributed by atoms with van der Waals surface area (Å²) >= 11 is 5.24. The first-order valence-electron chi connectivity index (χ1n) is 3.07. The van der Waals surface area contributed by atoms with Crippen molar-refractivity contribution in [2.75, 3.05) is 6.61 Å². The fourth-order valence-corrected chi connectivity index (χ4v) is 0.377. The summed E-state index contributed by atoms with van der Waals surface area (Å²) in [7, 11) is 0. The van der Waals surface area contributed by atoms with E-state index in [1.165, 1.54) is 0 Å². The zero-order valence-electron chi connectivity index (χ0n) is 6.56. The Labute approximate surface area is 70.6 Å². The molecule has 11 heavy (non-hydrogen) atoms. The summed E-state index contributed by atoms with van der Waals surface area (Å²) in [6.45, 7) is 6.08. The number of carbonyl (C=O) groups excluding carboxylic acids is 1. The summed E-state index contributed by atoms with van der Waals surface area (Å²) in [4.78, 5) is 10.8. The summed E-state index contributed by atoms with van der Waals surface area (Å²) in [5.41, 5.74) is -0.894. The zero-order valence-corrected chi connectivity index (χ0v) is 7.31. The van der Waals surface area contributed by atoms with Crippen LogP contribution in [0.2, 0.25) is 0 Å². The minimum absolute atomic E-state index is 0.188. The number of aliphatic hydroxyl groups is 1. The van der Waals surface area contributed by atoms with E-state index in [0.717, 1.165) is 0 Å². The summed E-state index contributed by atoms with van der Waals surface area (Å²) < 4.78 is 4.73. The molecule has 0 unspecified atom stereocenters. The number of rotatable bonds is 3. The fourth-order valence-electron chi connectivity index (χ4n) is 0.339. The molecule has 0 saturated carbocycles. The molecule has 0 aromatic rings. The topological polar surface area (TPSA) is 46.5 Å². The molecular weight excluding hydrogens is 168 g/mol. The van der Waals surface area contributed by atoms with Crippen LogP contribution in [-0.2, 0) is 9.53 Å². The second kappa shape index (κ2) is 3.74. The SMILES string of the molecule is C=C(Cl)C(=O)OC(C)(C)CO. The highest BCUT2D eigenvalue weighted by atomic mass is 35.5. The third-order valence-corrected chi connectivity index (χ3v) is 1.13. The van der Waals surface area contributed by atoms with E-state index in [4.69, 9.17) is 21.4 Å². The Morgan fingerprint density at radius 2 is 2.18 bits per heavy atom. The molecular formula is C7H11ClO3. The molecule has 0 heterocycles. The van der Waals surface area contributed by atoms with Crippen LogP contribution in [0.4, 0.5) is 0 Å². The van der Waals surface area contributed by atoms with Crippen LogP contribution in [0.1, 0.15) is 13.8 Å². The van der Waals surface area contributed by atoms with E-state index in [9.17, 15) is 4.79 Å². The molecule has 0 fully saturated rings. The van der Waals surface area contributed by atoms with E-state index < -0.39 is 11.6 Å². The highest BCUT2D eigenvalue weighted by molar-refractivity contribution is 6.40. The lowest BCUT2D eigenvalue weighted by atomic mass is 10.1. The molecule has 0 amide bonds. The smallest absolute Gasteiger partial charge is 0.349 e. The molecule has 0 aliphatic carbocycles. The van der Waals surface area contributed by atoms with Gasteiger partial charge < -0.3 is 9.84 Å². The Bertz CT molecular complexity index is 175. The summed E-state index contributed by atoms with van der Waals surface area (Å²) in [6.07, 6.45) is 0. The molecule has 4 heteroatoms. The average Bonchev–Trinajstić information content (AvgIpc) is 1.87. The number of carbonyl (C=O) groups is 1. The second-order valence-corrected chi connectivity index (χ2v) is 3.17. The van der Waals surface area contributed by atoms with E-state index in [2.05, 4.69) is 6.58 Å². The quantitative estimate of drug-likeness (QED) is 0.519. The van der Waals surface area contributed by atoms with Gasteiger partial charge in [0.25, 0.3) is 0 Å². The third kappa shape index (κ3) is 4.01. The summed E-state index contributed by atoms with van der Waals surface area (Å²) in [5, 5.41) is 8.49. The molecule has 0 saturated heterocycles. The molecule has 0 spiro atoms. The van der Waals surface area contributed by atoms with Crippen molar-refractivity contribution < 1.29 is 14.6 Å². The van der Waals surface area contributed by atoms with Crippen molar-refractivity contribution in [3.8, 4) is 0 Å². The van der Waals surface area contributed by atoms with Crippen LogP contribution in [-0.4, -0.2) is 23.3 Å². The molecule has 1 N–H and O–H groups in total. The third-order valence-electron chi connectivity index (χ3n) is 0.971. The molecule has 64 valence electrons. The average molecular weight is 179 g/mol. The zero-order chi connectivity index (χ0) is 9.07. The molecule has 0 aliphatic rings. The summed E-state index contributed by atoms with van der Waals surface area (Å²) in [5.74, 6) is -0.703. The van der Waals surface area contributed by atoms with Gasteiger partial charge in [-0.3, -0.25) is 0 Å². The first-order valence-corrected chi connectivity index (χ1v) is 3.45. The Kier molecular flexibility index (Phi) is 3.55. The molecule has 0 aromatic carbocycles. The number of hydrogen-bond acceptors (Lipinski definition) is 3. The van der Waals surface area contributed by atoms with Gasteiger partial charge in [-0.05, 0) is 13.8 Å². The van der Waals surface area contributed by atoms with Gasteiger partial charge in [-0.2, -0.15) is 0 Å².